The van der Waals surface area contributed by atoms with E-state index < -0.39 is 12.0 Å². The maximum Gasteiger partial charge on any atom is 0.326 e. The summed E-state index contributed by atoms with van der Waals surface area (Å²) in [5.74, 6) is -0.888. The summed E-state index contributed by atoms with van der Waals surface area (Å²) in [7, 11) is 0. The lowest BCUT2D eigenvalue weighted by Crippen LogP contribution is -2.41. The van der Waals surface area contributed by atoms with Crippen molar-refractivity contribution in [2.45, 2.75) is 44.7 Å². The Balaban J connectivity index is 2.58. The van der Waals surface area contributed by atoms with Crippen LogP contribution >= 0.6 is 0 Å². The first-order valence-corrected chi connectivity index (χ1v) is 4.66. The second-order valence-electron chi connectivity index (χ2n) is 3.43. The fraction of sp³-hybridized carbons (Fsp3) is 0.778. The van der Waals surface area contributed by atoms with Crippen LogP contribution in [-0.2, 0) is 9.59 Å². The molecule has 0 aromatic carbocycles. The molecule has 1 fully saturated rings. The van der Waals surface area contributed by atoms with Crippen molar-refractivity contribution >= 4 is 12.4 Å². The summed E-state index contributed by atoms with van der Waals surface area (Å²) in [4.78, 5) is 22.9. The molecule has 1 amide bonds. The molecule has 4 nitrogen and oxygen atoms in total. The molecule has 1 rings (SSSR count). The first kappa shape index (κ1) is 10.0. The summed E-state index contributed by atoms with van der Waals surface area (Å²) in [6.07, 6.45) is 3.91. The molecule has 0 bridgehead atoms. The summed E-state index contributed by atoms with van der Waals surface area (Å²) in [5.41, 5.74) is 0. The van der Waals surface area contributed by atoms with E-state index in [1.54, 1.807) is 0 Å². The summed E-state index contributed by atoms with van der Waals surface area (Å²) in [6, 6.07) is -0.430. The number of carbonyl (C=O) groups is 2. The fourth-order valence-electron chi connectivity index (χ4n) is 1.46. The quantitative estimate of drug-likeness (QED) is 0.624. The average Bonchev–Trinajstić information content (AvgIpc) is 2.88. The highest BCUT2D eigenvalue weighted by Gasteiger charge is 2.35. The minimum Gasteiger partial charge on any atom is -0.480 e. The van der Waals surface area contributed by atoms with Gasteiger partial charge in [-0.1, -0.05) is 13.3 Å². The second-order valence-corrected chi connectivity index (χ2v) is 3.43. The minimum absolute atomic E-state index is 0.185. The molecule has 0 saturated heterocycles. The van der Waals surface area contributed by atoms with Gasteiger partial charge in [-0.25, -0.2) is 4.79 Å². The SMILES string of the molecule is CCCC(C(=O)O)N(C=O)C1CC1. The van der Waals surface area contributed by atoms with Gasteiger partial charge < -0.3 is 10.0 Å². The van der Waals surface area contributed by atoms with Gasteiger partial charge in [-0.05, 0) is 19.3 Å². The Morgan fingerprint density at radius 1 is 1.69 bits per heavy atom. The second kappa shape index (κ2) is 4.25. The molecule has 1 unspecified atom stereocenters. The highest BCUT2D eigenvalue weighted by molar-refractivity contribution is 5.76. The molecule has 0 aromatic rings. The van der Waals surface area contributed by atoms with Crippen LogP contribution in [0, 0.1) is 0 Å². The van der Waals surface area contributed by atoms with Gasteiger partial charge in [-0.15, -0.1) is 0 Å². The zero-order valence-corrected chi connectivity index (χ0v) is 7.77. The third kappa shape index (κ3) is 2.44. The van der Waals surface area contributed by atoms with Crippen molar-refractivity contribution in [2.24, 2.45) is 0 Å². The van der Waals surface area contributed by atoms with Gasteiger partial charge in [0.2, 0.25) is 6.41 Å². The predicted octanol–water partition coefficient (Wildman–Crippen LogP) is 0.861. The normalized spacial score (nSPS) is 17.9. The lowest BCUT2D eigenvalue weighted by Gasteiger charge is -2.24. The van der Waals surface area contributed by atoms with E-state index in [2.05, 4.69) is 0 Å². The van der Waals surface area contributed by atoms with Crippen LogP contribution in [-0.4, -0.2) is 34.5 Å². The Bertz CT molecular complexity index is 201. The van der Waals surface area contributed by atoms with Crippen LogP contribution in [0.5, 0.6) is 0 Å². The van der Waals surface area contributed by atoms with E-state index >= 15 is 0 Å². The summed E-state index contributed by atoms with van der Waals surface area (Å²) in [6.45, 7) is 1.92. The van der Waals surface area contributed by atoms with Gasteiger partial charge in [0.05, 0.1) is 0 Å². The lowest BCUT2D eigenvalue weighted by atomic mass is 10.1. The number of hydrogen-bond acceptors (Lipinski definition) is 2. The molecule has 0 spiro atoms. The summed E-state index contributed by atoms with van der Waals surface area (Å²) < 4.78 is 0. The van der Waals surface area contributed by atoms with Crippen LogP contribution in [0.25, 0.3) is 0 Å². The van der Waals surface area contributed by atoms with E-state index in [4.69, 9.17) is 5.11 Å². The van der Waals surface area contributed by atoms with E-state index in [0.29, 0.717) is 12.8 Å². The van der Waals surface area contributed by atoms with Crippen LogP contribution in [0.4, 0.5) is 0 Å². The van der Waals surface area contributed by atoms with Gasteiger partial charge in [-0.2, -0.15) is 0 Å². The van der Waals surface area contributed by atoms with Gasteiger partial charge >= 0.3 is 5.97 Å². The highest BCUT2D eigenvalue weighted by Crippen LogP contribution is 2.28. The number of carbonyl (C=O) groups excluding carboxylic acids is 1. The number of rotatable bonds is 6. The number of carboxylic acid groups (broad SMARTS) is 1. The minimum atomic E-state index is -0.888. The number of nitrogens with zero attached hydrogens (tertiary/aromatic N) is 1. The number of aliphatic carboxylic acids is 1. The maximum atomic E-state index is 10.8. The Kier molecular flexibility index (Phi) is 3.28. The van der Waals surface area contributed by atoms with Crippen LogP contribution in [0.3, 0.4) is 0 Å². The van der Waals surface area contributed by atoms with E-state index in [9.17, 15) is 9.59 Å². The third-order valence-corrected chi connectivity index (χ3v) is 2.30. The van der Waals surface area contributed by atoms with Crippen molar-refractivity contribution in [3.63, 3.8) is 0 Å². The van der Waals surface area contributed by atoms with Crippen LogP contribution in [0.15, 0.2) is 0 Å². The Labute approximate surface area is 77.5 Å². The van der Waals surface area contributed by atoms with E-state index in [-0.39, 0.29) is 6.04 Å². The Morgan fingerprint density at radius 3 is 2.62 bits per heavy atom. The molecule has 0 aliphatic heterocycles. The molecular weight excluding hydrogens is 170 g/mol. The van der Waals surface area contributed by atoms with Gasteiger partial charge in [0, 0.05) is 6.04 Å². The van der Waals surface area contributed by atoms with Crippen molar-refractivity contribution in [3.05, 3.63) is 0 Å². The molecular formula is C9H15NO3. The highest BCUT2D eigenvalue weighted by atomic mass is 16.4. The van der Waals surface area contributed by atoms with E-state index in [0.717, 1.165) is 19.3 Å². The monoisotopic (exact) mass is 185 g/mol. The maximum absolute atomic E-state index is 10.8. The topological polar surface area (TPSA) is 57.6 Å². The van der Waals surface area contributed by atoms with Crippen molar-refractivity contribution in [2.75, 3.05) is 0 Å². The molecule has 13 heavy (non-hydrogen) atoms. The standard InChI is InChI=1S/C9H15NO3/c1-2-3-8(9(12)13)10(6-11)7-4-5-7/h6-8H,2-5H2,1H3,(H,12,13). The molecule has 0 aromatic heterocycles. The average molecular weight is 185 g/mol. The van der Waals surface area contributed by atoms with Crippen molar-refractivity contribution in [1.82, 2.24) is 4.90 Å². The zero-order chi connectivity index (χ0) is 9.84. The van der Waals surface area contributed by atoms with Gasteiger partial charge in [0.1, 0.15) is 6.04 Å². The molecule has 1 aliphatic carbocycles. The van der Waals surface area contributed by atoms with Crippen molar-refractivity contribution < 1.29 is 14.7 Å². The molecule has 74 valence electrons. The fourth-order valence-corrected chi connectivity index (χ4v) is 1.46. The largest absolute Gasteiger partial charge is 0.480 e. The first-order valence-electron chi connectivity index (χ1n) is 4.66. The zero-order valence-electron chi connectivity index (χ0n) is 7.77. The van der Waals surface area contributed by atoms with E-state index in [1.807, 2.05) is 6.92 Å². The lowest BCUT2D eigenvalue weighted by molar-refractivity contribution is -0.147. The molecule has 1 aliphatic rings. The molecule has 4 heteroatoms. The number of hydrogen-bond donors (Lipinski definition) is 1. The first-order chi connectivity index (χ1) is 6.20. The number of carboxylic acids is 1. The molecule has 0 radical (unpaired) electrons. The predicted molar refractivity (Wildman–Crippen MR) is 47.3 cm³/mol. The van der Waals surface area contributed by atoms with Gasteiger partial charge in [-0.3, -0.25) is 4.79 Å². The number of amides is 1. The Hall–Kier alpha value is -1.06. The smallest absolute Gasteiger partial charge is 0.326 e. The Morgan fingerprint density at radius 2 is 2.31 bits per heavy atom. The van der Waals surface area contributed by atoms with Gasteiger partial charge in [0.15, 0.2) is 0 Å². The van der Waals surface area contributed by atoms with Gasteiger partial charge in [0.25, 0.3) is 0 Å². The third-order valence-electron chi connectivity index (χ3n) is 2.30. The van der Waals surface area contributed by atoms with Crippen molar-refractivity contribution in [3.8, 4) is 0 Å². The molecule has 1 saturated carbocycles. The molecule has 0 heterocycles. The summed E-state index contributed by atoms with van der Waals surface area (Å²) >= 11 is 0. The molecule has 1 N–H and O–H groups in total. The van der Waals surface area contributed by atoms with Crippen LogP contribution < -0.4 is 0 Å². The van der Waals surface area contributed by atoms with Crippen molar-refractivity contribution in [1.29, 1.82) is 0 Å². The van der Waals surface area contributed by atoms with E-state index in [1.165, 1.54) is 4.90 Å². The molecule has 1 atom stereocenters. The van der Waals surface area contributed by atoms with Crippen LogP contribution in [0.1, 0.15) is 32.6 Å². The van der Waals surface area contributed by atoms with Crippen LogP contribution in [0.2, 0.25) is 0 Å². The summed E-state index contributed by atoms with van der Waals surface area (Å²) in [5, 5.41) is 8.88.